The third-order valence-electron chi connectivity index (χ3n) is 3.19. The minimum Gasteiger partial charge on any atom is -0.394 e. The van der Waals surface area contributed by atoms with Gasteiger partial charge in [0.2, 0.25) is 5.91 Å². The lowest BCUT2D eigenvalue weighted by Crippen LogP contribution is -2.54. The van der Waals surface area contributed by atoms with Gasteiger partial charge in [0.05, 0.1) is 18.2 Å². The Balaban J connectivity index is 2.57. The average Bonchev–Trinajstić information content (AvgIpc) is 2.39. The average molecular weight is 250 g/mol. The zero-order valence-electron chi connectivity index (χ0n) is 11.0. The second-order valence-corrected chi connectivity index (χ2v) is 4.86. The summed E-state index contributed by atoms with van der Waals surface area (Å²) in [5.41, 5.74) is 6.31. The van der Waals surface area contributed by atoms with E-state index in [2.05, 4.69) is 5.32 Å². The Morgan fingerprint density at radius 1 is 1.44 bits per heavy atom. The molecule has 18 heavy (non-hydrogen) atoms. The minimum atomic E-state index is -0.593. The topological polar surface area (TPSA) is 75.3 Å². The van der Waals surface area contributed by atoms with Gasteiger partial charge in [0.15, 0.2) is 0 Å². The highest BCUT2D eigenvalue weighted by Gasteiger charge is 2.25. The highest BCUT2D eigenvalue weighted by Crippen LogP contribution is 2.09. The molecular weight excluding hydrogens is 228 g/mol. The molecule has 1 aromatic carbocycles. The molecular formula is C14H22N2O2. The Hall–Kier alpha value is -1.39. The van der Waals surface area contributed by atoms with Crippen LogP contribution >= 0.6 is 0 Å². The van der Waals surface area contributed by atoms with E-state index in [-0.39, 0.29) is 12.5 Å². The molecule has 0 fully saturated rings. The van der Waals surface area contributed by atoms with Crippen molar-refractivity contribution in [2.45, 2.75) is 38.3 Å². The van der Waals surface area contributed by atoms with E-state index in [0.717, 1.165) is 5.56 Å². The SMILES string of the molecule is CCC(C)(CO)NC(=O)[C@@H](N)Cc1ccccc1. The second kappa shape index (κ2) is 6.52. The zero-order valence-corrected chi connectivity index (χ0v) is 11.0. The van der Waals surface area contributed by atoms with E-state index in [1.165, 1.54) is 0 Å². The molecule has 0 aliphatic heterocycles. The maximum atomic E-state index is 11.9. The number of hydrogen-bond donors (Lipinski definition) is 3. The van der Waals surface area contributed by atoms with Crippen LogP contribution in [0.2, 0.25) is 0 Å². The van der Waals surface area contributed by atoms with Crippen molar-refractivity contribution in [1.82, 2.24) is 5.32 Å². The smallest absolute Gasteiger partial charge is 0.237 e. The molecule has 0 radical (unpaired) electrons. The van der Waals surface area contributed by atoms with Crippen LogP contribution in [-0.2, 0) is 11.2 Å². The van der Waals surface area contributed by atoms with Crippen LogP contribution in [0.4, 0.5) is 0 Å². The summed E-state index contributed by atoms with van der Waals surface area (Å²) in [6.45, 7) is 3.63. The van der Waals surface area contributed by atoms with Crippen LogP contribution in [0.3, 0.4) is 0 Å². The molecule has 0 bridgehead atoms. The fourth-order valence-electron chi connectivity index (χ4n) is 1.59. The van der Waals surface area contributed by atoms with E-state index in [9.17, 15) is 9.90 Å². The molecule has 0 spiro atoms. The molecule has 0 aliphatic carbocycles. The normalized spacial score (nSPS) is 15.8. The highest BCUT2D eigenvalue weighted by molar-refractivity contribution is 5.82. The van der Waals surface area contributed by atoms with Gasteiger partial charge in [-0.05, 0) is 25.3 Å². The summed E-state index contributed by atoms with van der Waals surface area (Å²) in [6.07, 6.45) is 1.16. The van der Waals surface area contributed by atoms with Crippen molar-refractivity contribution in [2.24, 2.45) is 5.73 Å². The van der Waals surface area contributed by atoms with Crippen molar-refractivity contribution >= 4 is 5.91 Å². The predicted octanol–water partition coefficient (Wildman–Crippen LogP) is 0.834. The molecule has 100 valence electrons. The Bertz CT molecular complexity index is 375. The van der Waals surface area contributed by atoms with Crippen molar-refractivity contribution in [3.05, 3.63) is 35.9 Å². The number of carbonyl (C=O) groups is 1. The molecule has 1 amide bonds. The fourth-order valence-corrected chi connectivity index (χ4v) is 1.59. The van der Waals surface area contributed by atoms with E-state index in [0.29, 0.717) is 12.8 Å². The van der Waals surface area contributed by atoms with Gasteiger partial charge in [0.1, 0.15) is 0 Å². The number of nitrogens with two attached hydrogens (primary N) is 1. The predicted molar refractivity (Wildman–Crippen MR) is 72.0 cm³/mol. The Kier molecular flexibility index (Phi) is 5.31. The van der Waals surface area contributed by atoms with Gasteiger partial charge in [-0.25, -0.2) is 0 Å². The molecule has 4 nitrogen and oxygen atoms in total. The van der Waals surface area contributed by atoms with Gasteiger partial charge >= 0.3 is 0 Å². The molecule has 1 rings (SSSR count). The van der Waals surface area contributed by atoms with E-state index < -0.39 is 11.6 Å². The summed E-state index contributed by atoms with van der Waals surface area (Å²) in [4.78, 5) is 11.9. The van der Waals surface area contributed by atoms with Gasteiger partial charge in [0, 0.05) is 0 Å². The summed E-state index contributed by atoms with van der Waals surface area (Å²) in [5, 5.41) is 12.0. The number of rotatable bonds is 6. The summed E-state index contributed by atoms with van der Waals surface area (Å²) >= 11 is 0. The minimum absolute atomic E-state index is 0.0900. The summed E-state index contributed by atoms with van der Waals surface area (Å²) < 4.78 is 0. The van der Waals surface area contributed by atoms with E-state index in [1.807, 2.05) is 37.3 Å². The van der Waals surface area contributed by atoms with Crippen LogP contribution in [-0.4, -0.2) is 29.2 Å². The monoisotopic (exact) mass is 250 g/mol. The molecule has 2 atom stereocenters. The first kappa shape index (κ1) is 14.7. The standard InChI is InChI=1S/C14H22N2O2/c1-3-14(2,10-17)16-13(18)12(15)9-11-7-5-4-6-8-11/h4-8,12,17H,3,9-10,15H2,1-2H3,(H,16,18)/t12-,14?/m0/s1. The summed E-state index contributed by atoms with van der Waals surface area (Å²) in [5.74, 6) is -0.225. The van der Waals surface area contributed by atoms with E-state index in [4.69, 9.17) is 5.73 Å². The lowest BCUT2D eigenvalue weighted by Gasteiger charge is -2.28. The van der Waals surface area contributed by atoms with Crippen LogP contribution in [0.5, 0.6) is 0 Å². The van der Waals surface area contributed by atoms with Crippen LogP contribution in [0.15, 0.2) is 30.3 Å². The summed E-state index contributed by atoms with van der Waals surface area (Å²) in [6, 6.07) is 9.06. The molecule has 1 aromatic rings. The Morgan fingerprint density at radius 2 is 2.06 bits per heavy atom. The van der Waals surface area contributed by atoms with Gasteiger partial charge in [0.25, 0.3) is 0 Å². The number of aliphatic hydroxyl groups is 1. The molecule has 0 saturated carbocycles. The summed E-state index contributed by atoms with van der Waals surface area (Å²) in [7, 11) is 0. The van der Waals surface area contributed by atoms with E-state index >= 15 is 0 Å². The third kappa shape index (κ3) is 4.13. The number of amides is 1. The number of benzene rings is 1. The maximum Gasteiger partial charge on any atom is 0.237 e. The van der Waals surface area contributed by atoms with Crippen LogP contribution in [0.25, 0.3) is 0 Å². The zero-order chi connectivity index (χ0) is 13.6. The van der Waals surface area contributed by atoms with Crippen molar-refractivity contribution in [3.63, 3.8) is 0 Å². The fraction of sp³-hybridized carbons (Fsp3) is 0.500. The van der Waals surface area contributed by atoms with Crippen molar-refractivity contribution < 1.29 is 9.90 Å². The van der Waals surface area contributed by atoms with Gasteiger partial charge < -0.3 is 16.2 Å². The maximum absolute atomic E-state index is 11.9. The molecule has 4 N–H and O–H groups in total. The Morgan fingerprint density at radius 3 is 2.56 bits per heavy atom. The van der Waals surface area contributed by atoms with Crippen molar-refractivity contribution in [2.75, 3.05) is 6.61 Å². The second-order valence-electron chi connectivity index (χ2n) is 4.86. The lowest BCUT2D eigenvalue weighted by atomic mass is 9.98. The first-order valence-electron chi connectivity index (χ1n) is 6.23. The molecule has 0 aliphatic rings. The van der Waals surface area contributed by atoms with Crippen LogP contribution in [0, 0.1) is 0 Å². The number of aliphatic hydroxyl groups excluding tert-OH is 1. The van der Waals surface area contributed by atoms with Gasteiger partial charge in [-0.3, -0.25) is 4.79 Å². The molecule has 0 heterocycles. The first-order valence-corrected chi connectivity index (χ1v) is 6.23. The van der Waals surface area contributed by atoms with Gasteiger partial charge in [-0.2, -0.15) is 0 Å². The molecule has 1 unspecified atom stereocenters. The van der Waals surface area contributed by atoms with Crippen molar-refractivity contribution in [3.8, 4) is 0 Å². The first-order chi connectivity index (χ1) is 8.50. The van der Waals surface area contributed by atoms with Crippen molar-refractivity contribution in [1.29, 1.82) is 0 Å². The molecule has 0 aromatic heterocycles. The number of hydrogen-bond acceptors (Lipinski definition) is 3. The van der Waals surface area contributed by atoms with Gasteiger partial charge in [-0.1, -0.05) is 37.3 Å². The number of nitrogens with one attached hydrogen (secondary N) is 1. The van der Waals surface area contributed by atoms with Crippen LogP contribution < -0.4 is 11.1 Å². The quantitative estimate of drug-likeness (QED) is 0.700. The molecule has 0 saturated heterocycles. The Labute approximate surface area is 108 Å². The van der Waals surface area contributed by atoms with Crippen LogP contribution in [0.1, 0.15) is 25.8 Å². The largest absolute Gasteiger partial charge is 0.394 e. The third-order valence-corrected chi connectivity index (χ3v) is 3.19. The highest BCUT2D eigenvalue weighted by atomic mass is 16.3. The van der Waals surface area contributed by atoms with Gasteiger partial charge in [-0.15, -0.1) is 0 Å². The van der Waals surface area contributed by atoms with E-state index in [1.54, 1.807) is 6.92 Å². The number of carbonyl (C=O) groups excluding carboxylic acids is 1. The lowest BCUT2D eigenvalue weighted by molar-refractivity contribution is -0.124. The molecule has 4 heteroatoms.